The fourth-order valence-electron chi connectivity index (χ4n) is 3.42. The van der Waals surface area contributed by atoms with Crippen molar-refractivity contribution in [1.29, 1.82) is 0 Å². The van der Waals surface area contributed by atoms with Crippen LogP contribution in [-0.4, -0.2) is 69.8 Å². The summed E-state index contributed by atoms with van der Waals surface area (Å²) >= 11 is 0. The lowest BCUT2D eigenvalue weighted by Gasteiger charge is -2.35. The lowest BCUT2D eigenvalue weighted by molar-refractivity contribution is -0.147. The molecule has 2 aromatic carbocycles. The Morgan fingerprint density at radius 1 is 0.938 bits per heavy atom. The van der Waals surface area contributed by atoms with Crippen LogP contribution < -0.4 is 19.7 Å². The van der Waals surface area contributed by atoms with Crippen molar-refractivity contribution in [2.75, 3.05) is 63.3 Å². The van der Waals surface area contributed by atoms with Crippen molar-refractivity contribution in [1.82, 2.24) is 4.90 Å². The van der Waals surface area contributed by atoms with Crippen LogP contribution in [0.15, 0.2) is 48.5 Å². The number of methoxy groups -OCH3 is 1. The minimum Gasteiger partial charge on any atom is -0.497 e. The molecule has 1 aliphatic rings. The van der Waals surface area contributed by atoms with Gasteiger partial charge in [0.25, 0.3) is 5.91 Å². The van der Waals surface area contributed by atoms with E-state index < -0.39 is 5.97 Å². The van der Waals surface area contributed by atoms with Crippen molar-refractivity contribution in [3.05, 3.63) is 48.5 Å². The van der Waals surface area contributed by atoms with Gasteiger partial charge in [0.05, 0.1) is 20.1 Å². The first-order valence-corrected chi connectivity index (χ1v) is 10.9. The van der Waals surface area contributed by atoms with E-state index in [0.29, 0.717) is 11.4 Å². The number of hydrogen-bond donors (Lipinski definition) is 1. The van der Waals surface area contributed by atoms with Gasteiger partial charge in [0.1, 0.15) is 11.5 Å². The first-order valence-electron chi connectivity index (χ1n) is 10.9. The van der Waals surface area contributed by atoms with Crippen molar-refractivity contribution in [2.45, 2.75) is 13.3 Å². The molecular weight excluding hydrogens is 410 g/mol. The molecule has 1 heterocycles. The number of amides is 1. The van der Waals surface area contributed by atoms with Gasteiger partial charge in [-0.3, -0.25) is 9.59 Å². The average Bonchev–Trinajstić information content (AvgIpc) is 2.84. The van der Waals surface area contributed by atoms with Crippen LogP contribution in [0.4, 0.5) is 11.4 Å². The Kier molecular flexibility index (Phi) is 8.74. The molecule has 1 saturated heterocycles. The van der Waals surface area contributed by atoms with Gasteiger partial charge in [0, 0.05) is 37.6 Å². The van der Waals surface area contributed by atoms with Gasteiger partial charge in [-0.25, -0.2) is 0 Å². The van der Waals surface area contributed by atoms with Crippen LogP contribution in [0.2, 0.25) is 0 Å². The van der Waals surface area contributed by atoms with Gasteiger partial charge in [-0.15, -0.1) is 0 Å². The summed E-state index contributed by atoms with van der Waals surface area (Å²) in [5, 5.41) is 2.75. The highest BCUT2D eigenvalue weighted by molar-refractivity contribution is 5.92. The number of likely N-dealkylation sites (N-methyl/N-ethyl adjacent to an activating group) is 1. The lowest BCUT2D eigenvalue weighted by Crippen LogP contribution is -2.46. The SMILES string of the molecule is CCN1CCN(c2ccc(NC(=O)COC(=O)CCOc3ccc(OC)cc3)cc2)CC1. The monoisotopic (exact) mass is 441 g/mol. The van der Waals surface area contributed by atoms with Gasteiger partial charge in [-0.2, -0.15) is 0 Å². The molecule has 8 heteroatoms. The summed E-state index contributed by atoms with van der Waals surface area (Å²) in [6, 6.07) is 14.8. The standard InChI is InChI=1S/C24H31N3O5/c1-3-26-13-15-27(16-14-26)20-6-4-19(5-7-20)25-23(28)18-32-24(29)12-17-31-22-10-8-21(30-2)9-11-22/h4-11H,3,12-18H2,1-2H3,(H,25,28). The van der Waals surface area contributed by atoms with Gasteiger partial charge < -0.3 is 29.3 Å². The third-order valence-electron chi connectivity index (χ3n) is 5.33. The minimum absolute atomic E-state index is 0.0549. The number of carbonyl (C=O) groups is 2. The maximum absolute atomic E-state index is 12.1. The number of anilines is 2. The summed E-state index contributed by atoms with van der Waals surface area (Å²) in [5.41, 5.74) is 1.81. The normalized spacial score (nSPS) is 14.0. The van der Waals surface area contributed by atoms with E-state index in [4.69, 9.17) is 14.2 Å². The van der Waals surface area contributed by atoms with E-state index in [1.165, 1.54) is 0 Å². The Labute approximate surface area is 189 Å². The molecule has 0 unspecified atom stereocenters. The quantitative estimate of drug-likeness (QED) is 0.568. The van der Waals surface area contributed by atoms with E-state index in [1.54, 1.807) is 31.4 Å². The third-order valence-corrected chi connectivity index (χ3v) is 5.33. The molecule has 0 spiro atoms. The van der Waals surface area contributed by atoms with Crippen LogP contribution in [0.3, 0.4) is 0 Å². The molecule has 0 saturated carbocycles. The van der Waals surface area contributed by atoms with Gasteiger partial charge in [-0.05, 0) is 55.1 Å². The lowest BCUT2D eigenvalue weighted by atomic mass is 10.2. The maximum Gasteiger partial charge on any atom is 0.309 e. The van der Waals surface area contributed by atoms with Crippen molar-refractivity contribution in [2.24, 2.45) is 0 Å². The second-order valence-electron chi connectivity index (χ2n) is 7.45. The molecule has 0 aliphatic carbocycles. The van der Waals surface area contributed by atoms with Crippen LogP contribution >= 0.6 is 0 Å². The van der Waals surface area contributed by atoms with E-state index in [-0.39, 0.29) is 25.5 Å². The highest BCUT2D eigenvalue weighted by Gasteiger charge is 2.16. The number of esters is 1. The number of piperazine rings is 1. The third kappa shape index (κ3) is 7.16. The first kappa shape index (κ1) is 23.4. The maximum atomic E-state index is 12.1. The average molecular weight is 442 g/mol. The zero-order chi connectivity index (χ0) is 22.8. The number of nitrogens with one attached hydrogen (secondary N) is 1. The molecule has 1 N–H and O–H groups in total. The van der Waals surface area contributed by atoms with Crippen molar-refractivity contribution >= 4 is 23.3 Å². The fourth-order valence-corrected chi connectivity index (χ4v) is 3.42. The highest BCUT2D eigenvalue weighted by atomic mass is 16.5. The van der Waals surface area contributed by atoms with Crippen LogP contribution in [0, 0.1) is 0 Å². The second kappa shape index (κ2) is 12.0. The van der Waals surface area contributed by atoms with Crippen molar-refractivity contribution < 1.29 is 23.8 Å². The molecule has 8 nitrogen and oxygen atoms in total. The Balaban J connectivity index is 1.33. The van der Waals surface area contributed by atoms with Gasteiger partial charge in [0.15, 0.2) is 6.61 Å². The summed E-state index contributed by atoms with van der Waals surface area (Å²) in [4.78, 5) is 28.7. The van der Waals surface area contributed by atoms with Gasteiger partial charge in [0.2, 0.25) is 0 Å². The zero-order valence-corrected chi connectivity index (χ0v) is 18.7. The fraction of sp³-hybridized carbons (Fsp3) is 0.417. The van der Waals surface area contributed by atoms with Gasteiger partial charge >= 0.3 is 5.97 Å². The Morgan fingerprint density at radius 2 is 1.59 bits per heavy atom. The predicted octanol–water partition coefficient (Wildman–Crippen LogP) is 2.79. The number of benzene rings is 2. The molecule has 0 atom stereocenters. The number of rotatable bonds is 10. The summed E-state index contributed by atoms with van der Waals surface area (Å²) in [6.45, 7) is 7.22. The molecule has 172 valence electrons. The smallest absolute Gasteiger partial charge is 0.309 e. The first-order chi connectivity index (χ1) is 15.6. The molecule has 0 bridgehead atoms. The molecule has 1 aliphatic heterocycles. The largest absolute Gasteiger partial charge is 0.497 e. The Bertz CT molecular complexity index is 862. The molecule has 3 rings (SSSR count). The molecule has 32 heavy (non-hydrogen) atoms. The summed E-state index contributed by atoms with van der Waals surface area (Å²) in [5.74, 6) is 0.494. The Morgan fingerprint density at radius 3 is 2.22 bits per heavy atom. The van der Waals surface area contributed by atoms with E-state index in [9.17, 15) is 9.59 Å². The summed E-state index contributed by atoms with van der Waals surface area (Å²) in [6.07, 6.45) is 0.0549. The highest BCUT2D eigenvalue weighted by Crippen LogP contribution is 2.20. The van der Waals surface area contributed by atoms with E-state index in [0.717, 1.165) is 44.2 Å². The van der Waals surface area contributed by atoms with Crippen LogP contribution in [-0.2, 0) is 14.3 Å². The molecule has 1 fully saturated rings. The number of nitrogens with zero attached hydrogens (tertiary/aromatic N) is 2. The van der Waals surface area contributed by atoms with Crippen LogP contribution in [0.5, 0.6) is 11.5 Å². The minimum atomic E-state index is -0.491. The summed E-state index contributed by atoms with van der Waals surface area (Å²) < 4.78 is 15.6. The van der Waals surface area contributed by atoms with Crippen molar-refractivity contribution in [3.63, 3.8) is 0 Å². The van der Waals surface area contributed by atoms with Crippen molar-refractivity contribution in [3.8, 4) is 11.5 Å². The molecule has 1 amide bonds. The van der Waals surface area contributed by atoms with Crippen LogP contribution in [0.25, 0.3) is 0 Å². The molecular formula is C24H31N3O5. The molecule has 2 aromatic rings. The topological polar surface area (TPSA) is 80.3 Å². The van der Waals surface area contributed by atoms with E-state index in [2.05, 4.69) is 22.0 Å². The number of ether oxygens (including phenoxy) is 3. The van der Waals surface area contributed by atoms with E-state index >= 15 is 0 Å². The zero-order valence-electron chi connectivity index (χ0n) is 18.7. The van der Waals surface area contributed by atoms with Gasteiger partial charge in [-0.1, -0.05) is 6.92 Å². The summed E-state index contributed by atoms with van der Waals surface area (Å²) in [7, 11) is 1.59. The number of carbonyl (C=O) groups excluding carboxylic acids is 2. The molecule has 0 radical (unpaired) electrons. The predicted molar refractivity (Wildman–Crippen MR) is 123 cm³/mol. The number of hydrogen-bond acceptors (Lipinski definition) is 7. The second-order valence-corrected chi connectivity index (χ2v) is 7.45. The van der Waals surface area contributed by atoms with Crippen LogP contribution in [0.1, 0.15) is 13.3 Å². The Hall–Kier alpha value is -3.26. The molecule has 0 aromatic heterocycles. The van der Waals surface area contributed by atoms with E-state index in [1.807, 2.05) is 24.3 Å².